The van der Waals surface area contributed by atoms with E-state index in [0.717, 1.165) is 22.2 Å². The summed E-state index contributed by atoms with van der Waals surface area (Å²) in [4.78, 5) is 9.37. The summed E-state index contributed by atoms with van der Waals surface area (Å²) in [5.74, 6) is 1.64. The molecule has 2 rings (SSSR count). The third kappa shape index (κ3) is 2.58. The van der Waals surface area contributed by atoms with Gasteiger partial charge in [0.25, 0.3) is 0 Å². The summed E-state index contributed by atoms with van der Waals surface area (Å²) in [6.07, 6.45) is 2.21. The number of hydrogen-bond acceptors (Lipinski definition) is 4. The van der Waals surface area contributed by atoms with Crippen LogP contribution in [0.15, 0.2) is 4.40 Å². The Bertz CT molecular complexity index is 573. The highest BCUT2D eigenvalue weighted by atomic mass is 32.2. The van der Waals surface area contributed by atoms with Crippen LogP contribution >= 0.6 is 11.9 Å². The second kappa shape index (κ2) is 4.65. The first-order valence-corrected chi connectivity index (χ1v) is 7.24. The van der Waals surface area contributed by atoms with Crippen LogP contribution in [0.3, 0.4) is 0 Å². The molecule has 0 bridgehead atoms. The molecule has 4 heteroatoms. The van der Waals surface area contributed by atoms with Crippen LogP contribution < -0.4 is 10.7 Å². The summed E-state index contributed by atoms with van der Waals surface area (Å²) in [7, 11) is 0. The Kier molecular flexibility index (Phi) is 3.49. The first-order valence-electron chi connectivity index (χ1n) is 6.47. The van der Waals surface area contributed by atoms with Gasteiger partial charge in [0.05, 0.1) is 15.8 Å². The van der Waals surface area contributed by atoms with Gasteiger partial charge >= 0.3 is 0 Å². The van der Waals surface area contributed by atoms with Gasteiger partial charge in [0.1, 0.15) is 11.2 Å². The maximum atomic E-state index is 4.69. The third-order valence-electron chi connectivity index (χ3n) is 2.88. The van der Waals surface area contributed by atoms with Crippen LogP contribution in [0.2, 0.25) is 0 Å². The predicted molar refractivity (Wildman–Crippen MR) is 77.1 cm³/mol. The molecule has 0 N–H and O–H groups in total. The lowest BCUT2D eigenvalue weighted by Crippen LogP contribution is -2.40. The molecule has 1 aromatic rings. The lowest BCUT2D eigenvalue weighted by molar-refractivity contribution is 0.708. The molecule has 0 saturated heterocycles. The molecule has 0 amide bonds. The molecular weight excluding hydrogens is 242 g/mol. The molecule has 0 atom stereocenters. The van der Waals surface area contributed by atoms with Gasteiger partial charge in [-0.25, -0.2) is 14.4 Å². The summed E-state index contributed by atoms with van der Waals surface area (Å²) in [5.41, 5.74) is 1.07. The summed E-state index contributed by atoms with van der Waals surface area (Å²) in [6.45, 7) is 12.9. The highest BCUT2D eigenvalue weighted by Gasteiger charge is 2.21. The molecule has 0 unspecified atom stereocenters. The molecule has 18 heavy (non-hydrogen) atoms. The zero-order valence-corrected chi connectivity index (χ0v) is 12.8. The Morgan fingerprint density at radius 3 is 2.28 bits per heavy atom. The Balaban J connectivity index is 2.76. The first-order chi connectivity index (χ1) is 8.30. The van der Waals surface area contributed by atoms with Crippen molar-refractivity contribution in [1.82, 2.24) is 9.97 Å². The normalized spacial score (nSPS) is 17.3. The van der Waals surface area contributed by atoms with E-state index in [1.165, 1.54) is 0 Å². The topological polar surface area (TPSA) is 38.1 Å². The lowest BCUT2D eigenvalue weighted by Gasteiger charge is -2.20. The number of nitrogens with zero attached hydrogens (tertiary/aromatic N) is 3. The number of fused-ring (bicyclic) bond motifs is 1. The fraction of sp³-hybridized carbons (Fsp3) is 0.643. The Hall–Kier alpha value is -0.900. The largest absolute Gasteiger partial charge is 0.235 e. The predicted octanol–water partition coefficient (Wildman–Crippen LogP) is 2.56. The molecule has 2 heterocycles. The van der Waals surface area contributed by atoms with E-state index in [2.05, 4.69) is 57.0 Å². The fourth-order valence-electron chi connectivity index (χ4n) is 1.88. The van der Waals surface area contributed by atoms with E-state index >= 15 is 0 Å². The van der Waals surface area contributed by atoms with E-state index < -0.39 is 0 Å². The van der Waals surface area contributed by atoms with Gasteiger partial charge in [-0.3, -0.25) is 0 Å². The molecule has 0 aromatic carbocycles. The second-order valence-corrected chi connectivity index (χ2v) is 7.36. The molecule has 1 aromatic heterocycles. The van der Waals surface area contributed by atoms with Gasteiger partial charge in [-0.05, 0) is 37.8 Å². The molecular formula is C14H21N3S. The van der Waals surface area contributed by atoms with E-state index in [0.29, 0.717) is 11.8 Å². The fourth-order valence-corrected chi connectivity index (χ4v) is 2.56. The third-order valence-corrected chi connectivity index (χ3v) is 3.74. The number of hydrogen-bond donors (Lipinski definition) is 0. The SMILES string of the molecule is CC(C)c1nc(C(C)C)c2c(n1)=CC(C)(C)SN=2. The average molecular weight is 263 g/mol. The summed E-state index contributed by atoms with van der Waals surface area (Å²) in [6, 6.07) is 0. The molecule has 1 aliphatic rings. The maximum Gasteiger partial charge on any atom is 0.131 e. The van der Waals surface area contributed by atoms with Gasteiger partial charge in [0.15, 0.2) is 0 Å². The van der Waals surface area contributed by atoms with Crippen molar-refractivity contribution in [1.29, 1.82) is 0 Å². The van der Waals surface area contributed by atoms with Gasteiger partial charge in [0.2, 0.25) is 0 Å². The Morgan fingerprint density at radius 2 is 1.72 bits per heavy atom. The molecule has 0 spiro atoms. The van der Waals surface area contributed by atoms with E-state index in [9.17, 15) is 0 Å². The zero-order valence-electron chi connectivity index (χ0n) is 12.0. The van der Waals surface area contributed by atoms with Crippen molar-refractivity contribution in [3.8, 4) is 0 Å². The summed E-state index contributed by atoms with van der Waals surface area (Å²) < 4.78 is 4.65. The van der Waals surface area contributed by atoms with Gasteiger partial charge in [-0.1, -0.05) is 27.7 Å². The standard InChI is InChI=1S/C14H21N3S/c1-8(2)11-12-10(7-14(5,6)18-17-12)15-13(16-11)9(3)4/h7-9H,1-6H3. The lowest BCUT2D eigenvalue weighted by atomic mass is 10.1. The van der Waals surface area contributed by atoms with Crippen molar-refractivity contribution in [3.63, 3.8) is 0 Å². The molecule has 0 fully saturated rings. The van der Waals surface area contributed by atoms with Gasteiger partial charge in [0, 0.05) is 5.92 Å². The average Bonchev–Trinajstić information content (AvgIpc) is 2.25. The molecule has 98 valence electrons. The summed E-state index contributed by atoms with van der Waals surface area (Å²) in [5, 5.41) is 1.97. The van der Waals surface area contributed by atoms with Crippen molar-refractivity contribution in [2.24, 2.45) is 4.40 Å². The molecule has 3 nitrogen and oxygen atoms in total. The van der Waals surface area contributed by atoms with Gasteiger partial charge < -0.3 is 0 Å². The van der Waals surface area contributed by atoms with E-state index in [-0.39, 0.29) is 4.75 Å². The number of aromatic nitrogens is 2. The van der Waals surface area contributed by atoms with Crippen LogP contribution in [0.1, 0.15) is 64.9 Å². The van der Waals surface area contributed by atoms with E-state index in [1.54, 1.807) is 11.9 Å². The van der Waals surface area contributed by atoms with E-state index in [4.69, 9.17) is 4.98 Å². The first kappa shape index (κ1) is 13.5. The van der Waals surface area contributed by atoms with Crippen molar-refractivity contribution in [2.75, 3.05) is 0 Å². The molecule has 1 aliphatic heterocycles. The quantitative estimate of drug-likeness (QED) is 0.770. The van der Waals surface area contributed by atoms with Gasteiger partial charge in [-0.15, -0.1) is 0 Å². The highest BCUT2D eigenvalue weighted by molar-refractivity contribution is 7.99. The molecule has 0 radical (unpaired) electrons. The minimum Gasteiger partial charge on any atom is -0.235 e. The van der Waals surface area contributed by atoms with Crippen LogP contribution in [0.4, 0.5) is 0 Å². The zero-order chi connectivity index (χ0) is 13.5. The van der Waals surface area contributed by atoms with Crippen LogP contribution in [0.5, 0.6) is 0 Å². The van der Waals surface area contributed by atoms with Crippen molar-refractivity contribution < 1.29 is 0 Å². The van der Waals surface area contributed by atoms with Crippen LogP contribution in [0, 0.1) is 0 Å². The van der Waals surface area contributed by atoms with Crippen molar-refractivity contribution in [2.45, 2.75) is 58.1 Å². The monoisotopic (exact) mass is 263 g/mol. The van der Waals surface area contributed by atoms with Crippen molar-refractivity contribution >= 4 is 18.0 Å². The maximum absolute atomic E-state index is 4.69. The Morgan fingerprint density at radius 1 is 1.06 bits per heavy atom. The van der Waals surface area contributed by atoms with Crippen LogP contribution in [0.25, 0.3) is 6.08 Å². The van der Waals surface area contributed by atoms with E-state index in [1.807, 2.05) is 0 Å². The van der Waals surface area contributed by atoms with Crippen LogP contribution in [-0.4, -0.2) is 14.7 Å². The molecule has 0 aliphatic carbocycles. The highest BCUT2D eigenvalue weighted by Crippen LogP contribution is 2.27. The second-order valence-electron chi connectivity index (χ2n) is 5.94. The summed E-state index contributed by atoms with van der Waals surface area (Å²) >= 11 is 1.60. The van der Waals surface area contributed by atoms with Crippen LogP contribution in [-0.2, 0) is 0 Å². The minimum absolute atomic E-state index is 0.0177. The Labute approximate surface area is 113 Å². The van der Waals surface area contributed by atoms with Crippen molar-refractivity contribution in [3.05, 3.63) is 22.2 Å². The minimum atomic E-state index is 0.0177. The number of rotatable bonds is 2. The van der Waals surface area contributed by atoms with Gasteiger partial charge in [-0.2, -0.15) is 0 Å². The molecule has 0 saturated carbocycles. The smallest absolute Gasteiger partial charge is 0.131 e.